The van der Waals surface area contributed by atoms with Crippen LogP contribution in [0.1, 0.15) is 50.3 Å². The third kappa shape index (κ3) is 3.39. The zero-order chi connectivity index (χ0) is 20.7. The molecule has 30 heavy (non-hydrogen) atoms. The number of fused-ring (bicyclic) bond motifs is 3. The second kappa shape index (κ2) is 7.84. The topological polar surface area (TPSA) is 53.7 Å². The van der Waals surface area contributed by atoms with Crippen molar-refractivity contribution < 1.29 is 4.79 Å². The Morgan fingerprint density at radius 1 is 1.13 bits per heavy atom. The van der Waals surface area contributed by atoms with E-state index < -0.39 is 0 Å². The number of carbonyl (C=O) groups is 1. The van der Waals surface area contributed by atoms with Crippen molar-refractivity contribution in [2.24, 2.45) is 0 Å². The van der Waals surface area contributed by atoms with Crippen LogP contribution in [0.4, 0.5) is 0 Å². The maximum absolute atomic E-state index is 11.4. The fourth-order valence-corrected chi connectivity index (χ4v) is 5.07. The van der Waals surface area contributed by atoms with Crippen LogP contribution in [-0.4, -0.2) is 55.8 Å². The molecular weight excluding hydrogens is 374 g/mol. The molecule has 0 spiro atoms. The Morgan fingerprint density at radius 2 is 1.93 bits per heavy atom. The fourth-order valence-electron chi connectivity index (χ4n) is 5.07. The average Bonchev–Trinajstić information content (AvgIpc) is 3.25. The molecule has 0 saturated carbocycles. The van der Waals surface area contributed by atoms with Crippen molar-refractivity contribution in [3.05, 3.63) is 54.0 Å². The molecule has 2 atom stereocenters. The molecule has 2 aromatic heterocycles. The van der Waals surface area contributed by atoms with Crippen LogP contribution in [-0.2, 0) is 11.3 Å². The molecule has 2 unspecified atom stereocenters. The Balaban J connectivity index is 1.54. The molecule has 6 heteroatoms. The molecule has 6 nitrogen and oxygen atoms in total. The minimum Gasteiger partial charge on any atom is -0.344 e. The van der Waals surface area contributed by atoms with Gasteiger partial charge in [0.05, 0.1) is 11.4 Å². The van der Waals surface area contributed by atoms with E-state index >= 15 is 0 Å². The Morgan fingerprint density at radius 3 is 2.70 bits per heavy atom. The second-order valence-corrected chi connectivity index (χ2v) is 8.92. The lowest BCUT2D eigenvalue weighted by Crippen LogP contribution is -2.38. The molecule has 1 aromatic carbocycles. The molecule has 2 aliphatic rings. The van der Waals surface area contributed by atoms with E-state index in [1.54, 1.807) is 6.20 Å². The summed E-state index contributed by atoms with van der Waals surface area (Å²) in [7, 11) is 0. The standard InChI is InChI=1S/C24H29N5O/c1-17(2)18-4-6-19(7-5-18)23-22(28-12-3-11-25-24(28)26-23)15-29-20-8-9-21(29)14-27(16-30)13-10-20/h3-7,11-12,16-17,20-21H,8-10,13-15H2,1-2H3. The van der Waals surface area contributed by atoms with E-state index in [2.05, 4.69) is 58.6 Å². The van der Waals surface area contributed by atoms with E-state index in [1.165, 1.54) is 17.7 Å². The van der Waals surface area contributed by atoms with E-state index in [0.717, 1.165) is 55.9 Å². The van der Waals surface area contributed by atoms with Crippen molar-refractivity contribution in [3.63, 3.8) is 0 Å². The van der Waals surface area contributed by atoms with Gasteiger partial charge in [0.25, 0.3) is 0 Å². The van der Waals surface area contributed by atoms with Gasteiger partial charge >= 0.3 is 0 Å². The average molecular weight is 404 g/mol. The number of imidazole rings is 1. The SMILES string of the molecule is CC(C)c1ccc(-c2nc3ncccn3c2CN2C3CCC2CN(C=O)CC3)cc1. The van der Waals surface area contributed by atoms with Crippen LogP contribution in [0.5, 0.6) is 0 Å². The lowest BCUT2D eigenvalue weighted by atomic mass is 10.0. The van der Waals surface area contributed by atoms with Crippen molar-refractivity contribution in [3.8, 4) is 11.3 Å². The summed E-state index contributed by atoms with van der Waals surface area (Å²) in [6.07, 6.45) is 8.29. The molecule has 4 heterocycles. The molecule has 0 radical (unpaired) electrons. The number of likely N-dealkylation sites (tertiary alicyclic amines) is 1. The fraction of sp³-hybridized carbons (Fsp3) is 0.458. The molecule has 0 N–H and O–H groups in total. The highest BCUT2D eigenvalue weighted by Gasteiger charge is 2.37. The van der Waals surface area contributed by atoms with Crippen molar-refractivity contribution in [2.45, 2.75) is 57.7 Å². The summed E-state index contributed by atoms with van der Waals surface area (Å²) in [6, 6.07) is 11.7. The second-order valence-electron chi connectivity index (χ2n) is 8.92. The predicted octanol–water partition coefficient (Wildman–Crippen LogP) is 3.71. The van der Waals surface area contributed by atoms with E-state index in [-0.39, 0.29) is 0 Å². The normalized spacial score (nSPS) is 22.0. The molecule has 2 saturated heterocycles. The number of hydrogen-bond acceptors (Lipinski definition) is 4. The number of aromatic nitrogens is 3. The van der Waals surface area contributed by atoms with Gasteiger partial charge < -0.3 is 4.90 Å². The van der Waals surface area contributed by atoms with Crippen LogP contribution in [0.15, 0.2) is 42.7 Å². The predicted molar refractivity (Wildman–Crippen MR) is 117 cm³/mol. The molecule has 3 aromatic rings. The van der Waals surface area contributed by atoms with Crippen LogP contribution in [0, 0.1) is 0 Å². The first-order valence-corrected chi connectivity index (χ1v) is 11.0. The molecule has 2 aliphatic heterocycles. The highest BCUT2D eigenvalue weighted by molar-refractivity contribution is 5.66. The van der Waals surface area contributed by atoms with E-state index in [0.29, 0.717) is 18.0 Å². The monoisotopic (exact) mass is 403 g/mol. The Hall–Kier alpha value is -2.73. The Labute approximate surface area is 177 Å². The minimum absolute atomic E-state index is 0.418. The number of amides is 1. The first-order chi connectivity index (χ1) is 14.6. The maximum atomic E-state index is 11.4. The van der Waals surface area contributed by atoms with Crippen molar-refractivity contribution >= 4 is 12.2 Å². The van der Waals surface area contributed by atoms with Gasteiger partial charge in [-0.05, 0) is 36.8 Å². The number of hydrogen-bond donors (Lipinski definition) is 0. The summed E-state index contributed by atoms with van der Waals surface area (Å²) in [5.74, 6) is 1.25. The van der Waals surface area contributed by atoms with Gasteiger partial charge in [-0.1, -0.05) is 38.1 Å². The zero-order valence-corrected chi connectivity index (χ0v) is 17.7. The van der Waals surface area contributed by atoms with Gasteiger partial charge in [0.1, 0.15) is 0 Å². The van der Waals surface area contributed by atoms with Crippen molar-refractivity contribution in [1.82, 2.24) is 24.2 Å². The summed E-state index contributed by atoms with van der Waals surface area (Å²) in [5.41, 5.74) is 4.67. The lowest BCUT2D eigenvalue weighted by Gasteiger charge is -2.28. The van der Waals surface area contributed by atoms with Crippen molar-refractivity contribution in [2.75, 3.05) is 13.1 Å². The highest BCUT2D eigenvalue weighted by Crippen LogP contribution is 2.34. The van der Waals surface area contributed by atoms with Gasteiger partial charge in [0, 0.05) is 49.7 Å². The minimum atomic E-state index is 0.418. The van der Waals surface area contributed by atoms with E-state index in [1.807, 2.05) is 11.0 Å². The molecule has 1 amide bonds. The largest absolute Gasteiger partial charge is 0.344 e. The van der Waals surface area contributed by atoms with Crippen LogP contribution in [0.2, 0.25) is 0 Å². The zero-order valence-electron chi connectivity index (χ0n) is 17.7. The molecule has 0 aliphatic carbocycles. The van der Waals surface area contributed by atoms with Gasteiger partial charge in [-0.2, -0.15) is 0 Å². The molecule has 2 fully saturated rings. The van der Waals surface area contributed by atoms with E-state index in [9.17, 15) is 4.79 Å². The van der Waals surface area contributed by atoms with Gasteiger partial charge in [0.2, 0.25) is 12.2 Å². The van der Waals surface area contributed by atoms with Crippen LogP contribution in [0.25, 0.3) is 17.0 Å². The summed E-state index contributed by atoms with van der Waals surface area (Å²) in [5, 5.41) is 0. The summed E-state index contributed by atoms with van der Waals surface area (Å²) in [4.78, 5) is 25.3. The van der Waals surface area contributed by atoms with Gasteiger partial charge in [0.15, 0.2) is 0 Å². The Bertz CT molecular complexity index is 1040. The van der Waals surface area contributed by atoms with Crippen LogP contribution in [0.3, 0.4) is 0 Å². The number of carbonyl (C=O) groups excluding carboxylic acids is 1. The summed E-state index contributed by atoms with van der Waals surface area (Å²) in [6.45, 7) is 6.95. The number of rotatable bonds is 5. The third-order valence-corrected chi connectivity index (χ3v) is 6.80. The first-order valence-electron chi connectivity index (χ1n) is 11.0. The van der Waals surface area contributed by atoms with Crippen LogP contribution < -0.4 is 0 Å². The highest BCUT2D eigenvalue weighted by atomic mass is 16.1. The van der Waals surface area contributed by atoms with Crippen LogP contribution >= 0.6 is 0 Å². The summed E-state index contributed by atoms with van der Waals surface area (Å²) < 4.78 is 2.13. The van der Waals surface area contributed by atoms with Gasteiger partial charge in [-0.25, -0.2) is 9.97 Å². The summed E-state index contributed by atoms with van der Waals surface area (Å²) >= 11 is 0. The molecule has 5 rings (SSSR count). The van der Waals surface area contributed by atoms with E-state index in [4.69, 9.17) is 4.98 Å². The number of nitrogens with zero attached hydrogens (tertiary/aromatic N) is 5. The van der Waals surface area contributed by atoms with Crippen molar-refractivity contribution in [1.29, 1.82) is 0 Å². The lowest BCUT2D eigenvalue weighted by molar-refractivity contribution is -0.118. The maximum Gasteiger partial charge on any atom is 0.234 e. The molecule has 2 bridgehead atoms. The number of benzene rings is 1. The first kappa shape index (κ1) is 19.2. The third-order valence-electron chi connectivity index (χ3n) is 6.80. The quantitative estimate of drug-likeness (QED) is 0.610. The smallest absolute Gasteiger partial charge is 0.234 e. The molecule has 156 valence electrons. The van der Waals surface area contributed by atoms with Gasteiger partial charge in [-0.15, -0.1) is 0 Å². The van der Waals surface area contributed by atoms with Gasteiger partial charge in [-0.3, -0.25) is 14.1 Å². The molecular formula is C24H29N5O. The Kier molecular flexibility index (Phi) is 5.03.